The van der Waals surface area contributed by atoms with Gasteiger partial charge in [0.05, 0.1) is 4.92 Å². The summed E-state index contributed by atoms with van der Waals surface area (Å²) in [6.07, 6.45) is 3.10. The summed E-state index contributed by atoms with van der Waals surface area (Å²) in [6, 6.07) is 15.9. The molecule has 0 unspecified atom stereocenters. The zero-order valence-corrected chi connectivity index (χ0v) is 21.9. The second kappa shape index (κ2) is 10.6. The molecule has 0 bridgehead atoms. The molecule has 0 atom stereocenters. The number of rotatable bonds is 5. The number of aromatic nitrogens is 1. The predicted molar refractivity (Wildman–Crippen MR) is 152 cm³/mol. The number of benzene rings is 3. The molecule has 1 saturated heterocycles. The quantitative estimate of drug-likeness (QED) is 0.180. The second-order valence-corrected chi connectivity index (χ2v) is 9.84. The van der Waals surface area contributed by atoms with E-state index >= 15 is 0 Å². The van der Waals surface area contributed by atoms with E-state index in [1.54, 1.807) is 30.3 Å². The Morgan fingerprint density at radius 1 is 1.05 bits per heavy atom. The Kier molecular flexibility index (Phi) is 7.06. The van der Waals surface area contributed by atoms with Gasteiger partial charge in [0.1, 0.15) is 11.2 Å². The Morgan fingerprint density at radius 2 is 1.84 bits per heavy atom. The molecule has 0 radical (unpaired) electrons. The van der Waals surface area contributed by atoms with Gasteiger partial charge in [-0.1, -0.05) is 17.7 Å². The third kappa shape index (κ3) is 5.35. The maximum absolute atomic E-state index is 12.8. The average molecular weight is 530 g/mol. The van der Waals surface area contributed by atoms with Gasteiger partial charge in [-0.3, -0.25) is 20.2 Å². The van der Waals surface area contributed by atoms with Gasteiger partial charge in [-0.05, 0) is 87.3 Å². The average Bonchev–Trinajstić information content (AvgIpc) is 3.31. The lowest BCUT2D eigenvalue weighted by molar-refractivity contribution is -0.384. The number of hydrogen-bond acceptors (Lipinski definition) is 7. The molecule has 9 nitrogen and oxygen atoms in total. The SMILES string of the molecule is Cc1ccc(-c2nc3cc(NC(=S)NC(=O)c4ccc(N5CCCCC5)c([N+](=O)[O-])c4)ccc3o2)c(C)c1. The van der Waals surface area contributed by atoms with Gasteiger partial charge in [-0.25, -0.2) is 4.98 Å². The Balaban J connectivity index is 1.29. The van der Waals surface area contributed by atoms with Crippen LogP contribution in [0.25, 0.3) is 22.6 Å². The van der Waals surface area contributed by atoms with Crippen LogP contribution in [-0.2, 0) is 0 Å². The van der Waals surface area contributed by atoms with Crippen molar-refractivity contribution in [2.75, 3.05) is 23.3 Å². The van der Waals surface area contributed by atoms with Gasteiger partial charge in [-0.15, -0.1) is 0 Å². The molecule has 1 aliphatic rings. The predicted octanol–water partition coefficient (Wildman–Crippen LogP) is 6.14. The number of amides is 1. The van der Waals surface area contributed by atoms with Crippen LogP contribution in [-0.4, -0.2) is 34.0 Å². The Hall–Kier alpha value is -4.31. The van der Waals surface area contributed by atoms with Crippen molar-refractivity contribution in [3.8, 4) is 11.5 Å². The summed E-state index contributed by atoms with van der Waals surface area (Å²) in [6.45, 7) is 5.58. The highest BCUT2D eigenvalue weighted by molar-refractivity contribution is 7.80. The molecule has 38 heavy (non-hydrogen) atoms. The van der Waals surface area contributed by atoms with Gasteiger partial charge in [0, 0.05) is 36.0 Å². The third-order valence-corrected chi connectivity index (χ3v) is 6.82. The van der Waals surface area contributed by atoms with Crippen molar-refractivity contribution in [1.29, 1.82) is 0 Å². The van der Waals surface area contributed by atoms with Gasteiger partial charge in [0.25, 0.3) is 11.6 Å². The van der Waals surface area contributed by atoms with Crippen molar-refractivity contribution in [1.82, 2.24) is 10.3 Å². The van der Waals surface area contributed by atoms with Gasteiger partial charge in [-0.2, -0.15) is 0 Å². The van der Waals surface area contributed by atoms with Crippen LogP contribution in [0.1, 0.15) is 40.7 Å². The summed E-state index contributed by atoms with van der Waals surface area (Å²) < 4.78 is 5.94. The number of nitrogens with one attached hydrogen (secondary N) is 2. The van der Waals surface area contributed by atoms with Crippen molar-refractivity contribution in [2.45, 2.75) is 33.1 Å². The lowest BCUT2D eigenvalue weighted by Gasteiger charge is -2.28. The van der Waals surface area contributed by atoms with Gasteiger partial charge in [0.2, 0.25) is 5.89 Å². The standard InChI is InChI=1S/C28H27N5O4S/c1-17-6-9-21(18(2)14-17)27-30-22-16-20(8-11-25(22)37-27)29-28(38)31-26(34)19-7-10-23(24(15-19)33(35)36)32-12-4-3-5-13-32/h6-11,14-16H,3-5,12-13H2,1-2H3,(H2,29,31,34,38). The first-order valence-corrected chi connectivity index (χ1v) is 12.8. The number of hydrogen-bond donors (Lipinski definition) is 2. The van der Waals surface area contributed by atoms with E-state index in [1.807, 2.05) is 30.9 Å². The zero-order chi connectivity index (χ0) is 26.8. The summed E-state index contributed by atoms with van der Waals surface area (Å²) in [4.78, 5) is 30.7. The maximum Gasteiger partial charge on any atom is 0.293 e. The molecule has 10 heteroatoms. The molecular weight excluding hydrogens is 502 g/mol. The second-order valence-electron chi connectivity index (χ2n) is 9.44. The van der Waals surface area contributed by atoms with E-state index in [4.69, 9.17) is 16.6 Å². The molecule has 1 aliphatic heterocycles. The summed E-state index contributed by atoms with van der Waals surface area (Å²) >= 11 is 5.33. The molecule has 3 aromatic carbocycles. The van der Waals surface area contributed by atoms with Gasteiger partial charge < -0.3 is 14.6 Å². The molecule has 5 rings (SSSR count). The van der Waals surface area contributed by atoms with Crippen molar-refractivity contribution < 1.29 is 14.1 Å². The fourth-order valence-corrected chi connectivity index (χ4v) is 4.94. The molecule has 1 amide bonds. The van der Waals surface area contributed by atoms with Crippen LogP contribution >= 0.6 is 12.2 Å². The van der Waals surface area contributed by atoms with E-state index in [1.165, 1.54) is 6.07 Å². The largest absolute Gasteiger partial charge is 0.436 e. The number of oxazole rings is 1. The van der Waals surface area contributed by atoms with E-state index in [-0.39, 0.29) is 16.4 Å². The molecule has 2 heterocycles. The molecule has 1 aromatic heterocycles. The third-order valence-electron chi connectivity index (χ3n) is 6.62. The Labute approximate surface area is 225 Å². The number of thiocarbonyl (C=S) groups is 1. The minimum absolute atomic E-state index is 0.0650. The lowest BCUT2D eigenvalue weighted by atomic mass is 10.1. The summed E-state index contributed by atoms with van der Waals surface area (Å²) in [5.74, 6) is -0.00411. The smallest absolute Gasteiger partial charge is 0.293 e. The van der Waals surface area contributed by atoms with Crippen molar-refractivity contribution in [3.63, 3.8) is 0 Å². The highest BCUT2D eigenvalue weighted by atomic mass is 32.1. The van der Waals surface area contributed by atoms with E-state index in [0.29, 0.717) is 28.4 Å². The van der Waals surface area contributed by atoms with E-state index in [2.05, 4.69) is 21.7 Å². The number of carbonyl (C=O) groups is 1. The number of carbonyl (C=O) groups excluding carboxylic acids is 1. The fraction of sp³-hybridized carbons (Fsp3) is 0.250. The van der Waals surface area contributed by atoms with Gasteiger partial charge in [0.15, 0.2) is 10.7 Å². The highest BCUT2D eigenvalue weighted by Gasteiger charge is 2.23. The summed E-state index contributed by atoms with van der Waals surface area (Å²) in [7, 11) is 0. The normalized spacial score (nSPS) is 13.4. The molecule has 194 valence electrons. The molecule has 2 N–H and O–H groups in total. The van der Waals surface area contributed by atoms with Crippen LogP contribution in [0, 0.1) is 24.0 Å². The number of aryl methyl sites for hydroxylation is 2. The van der Waals surface area contributed by atoms with E-state index < -0.39 is 10.8 Å². The van der Waals surface area contributed by atoms with Crippen molar-refractivity contribution >= 4 is 51.4 Å². The number of nitro benzene ring substituents is 1. The molecule has 0 saturated carbocycles. The first-order valence-electron chi connectivity index (χ1n) is 12.4. The molecule has 0 spiro atoms. The molecule has 4 aromatic rings. The van der Waals surface area contributed by atoms with Crippen molar-refractivity contribution in [2.24, 2.45) is 0 Å². The number of piperidine rings is 1. The summed E-state index contributed by atoms with van der Waals surface area (Å²) in [5, 5.41) is 17.4. The molecule has 0 aliphatic carbocycles. The Morgan fingerprint density at radius 3 is 2.58 bits per heavy atom. The number of fused-ring (bicyclic) bond motifs is 1. The first-order chi connectivity index (χ1) is 18.3. The minimum atomic E-state index is -0.532. The monoisotopic (exact) mass is 529 g/mol. The van der Waals surface area contributed by atoms with Crippen LogP contribution in [0.4, 0.5) is 17.1 Å². The zero-order valence-electron chi connectivity index (χ0n) is 21.1. The van der Waals surface area contributed by atoms with Crippen LogP contribution in [0.15, 0.2) is 59.0 Å². The number of nitrogens with zero attached hydrogens (tertiary/aromatic N) is 3. The van der Waals surface area contributed by atoms with Gasteiger partial charge >= 0.3 is 0 Å². The summed E-state index contributed by atoms with van der Waals surface area (Å²) in [5.41, 5.74) is 5.65. The van der Waals surface area contributed by atoms with Crippen LogP contribution in [0.5, 0.6) is 0 Å². The van der Waals surface area contributed by atoms with Crippen molar-refractivity contribution in [3.05, 3.63) is 81.4 Å². The molecule has 1 fully saturated rings. The number of anilines is 2. The lowest BCUT2D eigenvalue weighted by Crippen LogP contribution is -2.34. The topological polar surface area (TPSA) is 114 Å². The maximum atomic E-state index is 12.8. The van der Waals surface area contributed by atoms with Crippen LogP contribution < -0.4 is 15.5 Å². The van der Waals surface area contributed by atoms with E-state index in [0.717, 1.165) is 49.0 Å². The highest BCUT2D eigenvalue weighted by Crippen LogP contribution is 2.32. The van der Waals surface area contributed by atoms with Crippen LogP contribution in [0.2, 0.25) is 0 Å². The first kappa shape index (κ1) is 25.3. The van der Waals surface area contributed by atoms with Crippen LogP contribution in [0.3, 0.4) is 0 Å². The molecular formula is C28H27N5O4S. The minimum Gasteiger partial charge on any atom is -0.436 e. The fourth-order valence-electron chi connectivity index (χ4n) is 4.72. The number of nitro groups is 1. The van der Waals surface area contributed by atoms with E-state index in [9.17, 15) is 14.9 Å². The Bertz CT molecular complexity index is 1560.